The van der Waals surface area contributed by atoms with Crippen molar-refractivity contribution in [3.8, 4) is 0 Å². The Labute approximate surface area is 111 Å². The van der Waals surface area contributed by atoms with Gasteiger partial charge in [-0.05, 0) is 44.7 Å². The Morgan fingerprint density at radius 1 is 1.42 bits per heavy atom. The fourth-order valence-electron chi connectivity index (χ4n) is 2.03. The van der Waals surface area contributed by atoms with Crippen LogP contribution in [0.15, 0.2) is 18.3 Å². The van der Waals surface area contributed by atoms with Crippen LogP contribution in [-0.2, 0) is 0 Å². The number of anilines is 1. The van der Waals surface area contributed by atoms with E-state index in [1.54, 1.807) is 6.07 Å². The second-order valence-electron chi connectivity index (χ2n) is 5.28. The van der Waals surface area contributed by atoms with Gasteiger partial charge in [0.05, 0.1) is 5.69 Å². The smallest absolute Gasteiger partial charge is 0.356 e. The third-order valence-electron chi connectivity index (χ3n) is 3.29. The third kappa shape index (κ3) is 3.21. The van der Waals surface area contributed by atoms with E-state index in [0.29, 0.717) is 5.92 Å². The predicted molar refractivity (Wildman–Crippen MR) is 70.2 cm³/mol. The van der Waals surface area contributed by atoms with Crippen LogP contribution in [0, 0.1) is 5.92 Å². The maximum Gasteiger partial charge on any atom is 0.356 e. The highest BCUT2D eigenvalue weighted by Crippen LogP contribution is 2.39. The molecule has 2 rings (SSSR count). The van der Waals surface area contributed by atoms with Gasteiger partial charge in [-0.15, -0.1) is 0 Å². The summed E-state index contributed by atoms with van der Waals surface area (Å²) in [5.74, 6) is -0.677. The van der Waals surface area contributed by atoms with Crippen molar-refractivity contribution >= 4 is 17.7 Å². The Balaban J connectivity index is 2.05. The standard InChI is InChI=1S/C13H17N3O3/c1-13(2,8-5-6-8)16-12(19)15-9-4-3-7-14-10(9)11(17)18/h3-4,7-8H,5-6H2,1-2H3,(H,17,18)(H2,15,16,19). The van der Waals surface area contributed by atoms with E-state index in [2.05, 4.69) is 15.6 Å². The topological polar surface area (TPSA) is 91.3 Å². The van der Waals surface area contributed by atoms with E-state index < -0.39 is 12.0 Å². The van der Waals surface area contributed by atoms with E-state index in [0.717, 1.165) is 12.8 Å². The molecule has 1 saturated carbocycles. The Hall–Kier alpha value is -2.11. The minimum Gasteiger partial charge on any atom is -0.476 e. The summed E-state index contributed by atoms with van der Waals surface area (Å²) in [4.78, 5) is 26.6. The maximum absolute atomic E-state index is 11.9. The molecule has 0 saturated heterocycles. The molecule has 19 heavy (non-hydrogen) atoms. The zero-order chi connectivity index (χ0) is 14.0. The average molecular weight is 263 g/mol. The number of nitrogens with zero attached hydrogens (tertiary/aromatic N) is 1. The van der Waals surface area contributed by atoms with E-state index in [1.165, 1.54) is 12.3 Å². The molecule has 0 atom stereocenters. The van der Waals surface area contributed by atoms with Gasteiger partial charge in [0.15, 0.2) is 5.69 Å². The van der Waals surface area contributed by atoms with Crippen molar-refractivity contribution in [1.29, 1.82) is 0 Å². The van der Waals surface area contributed by atoms with Crippen LogP contribution in [0.2, 0.25) is 0 Å². The molecule has 1 aliphatic carbocycles. The summed E-state index contributed by atoms with van der Waals surface area (Å²) in [6, 6.07) is 2.68. The number of urea groups is 1. The van der Waals surface area contributed by atoms with E-state index in [1.807, 2.05) is 13.8 Å². The molecule has 0 radical (unpaired) electrons. The zero-order valence-electron chi connectivity index (χ0n) is 10.9. The number of aromatic carboxylic acids is 1. The first kappa shape index (κ1) is 13.3. The molecule has 0 aliphatic heterocycles. The number of carboxylic acids is 1. The van der Waals surface area contributed by atoms with Gasteiger partial charge in [-0.25, -0.2) is 14.6 Å². The quantitative estimate of drug-likeness (QED) is 0.775. The van der Waals surface area contributed by atoms with Crippen molar-refractivity contribution < 1.29 is 14.7 Å². The lowest BCUT2D eigenvalue weighted by Gasteiger charge is -2.26. The highest BCUT2D eigenvalue weighted by atomic mass is 16.4. The van der Waals surface area contributed by atoms with Gasteiger partial charge < -0.3 is 15.7 Å². The lowest BCUT2D eigenvalue weighted by Crippen LogP contribution is -2.47. The van der Waals surface area contributed by atoms with Crippen LogP contribution in [0.5, 0.6) is 0 Å². The third-order valence-corrected chi connectivity index (χ3v) is 3.29. The molecule has 3 N–H and O–H groups in total. The van der Waals surface area contributed by atoms with Crippen molar-refractivity contribution in [1.82, 2.24) is 10.3 Å². The van der Waals surface area contributed by atoms with Crippen LogP contribution in [0.1, 0.15) is 37.2 Å². The summed E-state index contributed by atoms with van der Waals surface area (Å²) in [5, 5.41) is 14.4. The van der Waals surface area contributed by atoms with Crippen LogP contribution in [0.3, 0.4) is 0 Å². The van der Waals surface area contributed by atoms with Crippen molar-refractivity contribution in [2.75, 3.05) is 5.32 Å². The normalized spacial score (nSPS) is 14.8. The van der Waals surface area contributed by atoms with E-state index in [-0.39, 0.29) is 16.9 Å². The van der Waals surface area contributed by atoms with Gasteiger partial charge in [-0.1, -0.05) is 0 Å². The fourth-order valence-corrected chi connectivity index (χ4v) is 2.03. The van der Waals surface area contributed by atoms with Crippen molar-refractivity contribution in [3.63, 3.8) is 0 Å². The van der Waals surface area contributed by atoms with Gasteiger partial charge in [-0.2, -0.15) is 0 Å². The molecule has 1 heterocycles. The summed E-state index contributed by atoms with van der Waals surface area (Å²) in [5.41, 5.74) is -0.253. The van der Waals surface area contributed by atoms with E-state index in [9.17, 15) is 9.59 Å². The summed E-state index contributed by atoms with van der Waals surface area (Å²) in [6.07, 6.45) is 3.60. The molecule has 1 fully saturated rings. The molecule has 2 amide bonds. The van der Waals surface area contributed by atoms with Gasteiger partial charge >= 0.3 is 12.0 Å². The van der Waals surface area contributed by atoms with Crippen LogP contribution in [0.4, 0.5) is 10.5 Å². The highest BCUT2D eigenvalue weighted by Gasteiger charge is 2.38. The monoisotopic (exact) mass is 263 g/mol. The molecule has 102 valence electrons. The maximum atomic E-state index is 11.9. The summed E-state index contributed by atoms with van der Waals surface area (Å²) in [7, 11) is 0. The Morgan fingerprint density at radius 2 is 2.11 bits per heavy atom. The number of carbonyl (C=O) groups excluding carboxylic acids is 1. The molecular formula is C13H17N3O3. The van der Waals surface area contributed by atoms with Crippen molar-refractivity contribution in [2.45, 2.75) is 32.2 Å². The van der Waals surface area contributed by atoms with Gasteiger partial charge in [0.1, 0.15) is 0 Å². The second-order valence-corrected chi connectivity index (χ2v) is 5.28. The van der Waals surface area contributed by atoms with Gasteiger partial charge in [0.25, 0.3) is 0 Å². The van der Waals surface area contributed by atoms with Gasteiger partial charge in [0, 0.05) is 11.7 Å². The molecular weight excluding hydrogens is 246 g/mol. The first-order chi connectivity index (χ1) is 8.90. The van der Waals surface area contributed by atoms with Crippen LogP contribution in [0.25, 0.3) is 0 Å². The minimum atomic E-state index is -1.17. The SMILES string of the molecule is CC(C)(NC(=O)Nc1cccnc1C(=O)O)C1CC1. The molecule has 1 aliphatic rings. The zero-order valence-corrected chi connectivity index (χ0v) is 10.9. The summed E-state index contributed by atoms with van der Waals surface area (Å²) >= 11 is 0. The number of pyridine rings is 1. The molecule has 0 spiro atoms. The van der Waals surface area contributed by atoms with Crippen molar-refractivity contribution in [3.05, 3.63) is 24.0 Å². The largest absolute Gasteiger partial charge is 0.476 e. The number of amides is 2. The molecule has 1 aromatic rings. The lowest BCUT2D eigenvalue weighted by molar-refractivity contribution is 0.0692. The van der Waals surface area contributed by atoms with Gasteiger partial charge in [0.2, 0.25) is 0 Å². The Kier molecular flexibility index (Phi) is 3.42. The number of rotatable bonds is 4. The van der Waals surface area contributed by atoms with Crippen LogP contribution >= 0.6 is 0 Å². The lowest BCUT2D eigenvalue weighted by atomic mass is 9.99. The molecule has 6 nitrogen and oxygen atoms in total. The van der Waals surface area contributed by atoms with E-state index in [4.69, 9.17) is 5.11 Å². The van der Waals surface area contributed by atoms with E-state index >= 15 is 0 Å². The second kappa shape index (κ2) is 4.87. The number of carboxylic acid groups (broad SMARTS) is 1. The van der Waals surface area contributed by atoms with Crippen LogP contribution in [-0.4, -0.2) is 27.6 Å². The minimum absolute atomic E-state index is 0.165. The first-order valence-electron chi connectivity index (χ1n) is 6.17. The molecule has 1 aromatic heterocycles. The highest BCUT2D eigenvalue weighted by molar-refractivity contribution is 5.98. The first-order valence-corrected chi connectivity index (χ1v) is 6.17. The number of nitrogens with one attached hydrogen (secondary N) is 2. The van der Waals surface area contributed by atoms with Gasteiger partial charge in [-0.3, -0.25) is 0 Å². The number of aromatic nitrogens is 1. The molecule has 0 bridgehead atoms. The fraction of sp³-hybridized carbons (Fsp3) is 0.462. The average Bonchev–Trinajstić information content (AvgIpc) is 3.12. The number of hydrogen-bond acceptors (Lipinski definition) is 3. The summed E-state index contributed by atoms with van der Waals surface area (Å²) in [6.45, 7) is 3.93. The van der Waals surface area contributed by atoms with Crippen molar-refractivity contribution in [2.24, 2.45) is 5.92 Å². The predicted octanol–water partition coefficient (Wildman–Crippen LogP) is 2.09. The molecule has 6 heteroatoms. The molecule has 0 unspecified atom stereocenters. The summed E-state index contributed by atoms with van der Waals surface area (Å²) < 4.78 is 0. The van der Waals surface area contributed by atoms with Crippen LogP contribution < -0.4 is 10.6 Å². The molecule has 0 aromatic carbocycles. The number of carbonyl (C=O) groups is 2. The Morgan fingerprint density at radius 3 is 2.68 bits per heavy atom. The number of hydrogen-bond donors (Lipinski definition) is 3. The Bertz CT molecular complexity index is 510.